The summed E-state index contributed by atoms with van der Waals surface area (Å²) in [5, 5.41) is 2.77. The molecular formula is C17H14FNO3. The number of halogens is 1. The fourth-order valence-corrected chi connectivity index (χ4v) is 2.41. The molecule has 2 aromatic rings. The molecule has 0 unspecified atom stereocenters. The minimum Gasteiger partial charge on any atom is -0.497 e. The van der Waals surface area contributed by atoms with Crippen LogP contribution in [0.3, 0.4) is 0 Å². The van der Waals surface area contributed by atoms with Gasteiger partial charge in [-0.2, -0.15) is 0 Å². The normalized spacial score (nSPS) is 14.7. The van der Waals surface area contributed by atoms with Crippen molar-refractivity contribution in [1.82, 2.24) is 0 Å². The highest BCUT2D eigenvalue weighted by molar-refractivity contribution is 6.35. The Bertz CT molecular complexity index is 783. The lowest BCUT2D eigenvalue weighted by Gasteiger charge is -2.06. The third-order valence-corrected chi connectivity index (χ3v) is 3.50. The van der Waals surface area contributed by atoms with Crippen LogP contribution in [-0.2, 0) is 4.79 Å². The predicted octanol–water partition coefficient (Wildman–Crippen LogP) is 3.34. The van der Waals surface area contributed by atoms with E-state index in [1.54, 1.807) is 31.4 Å². The molecule has 1 amide bonds. The van der Waals surface area contributed by atoms with E-state index in [0.717, 1.165) is 5.56 Å². The number of hydrogen-bond donors (Lipinski definition) is 1. The molecular weight excluding hydrogens is 285 g/mol. The maximum absolute atomic E-state index is 13.5. The molecule has 0 radical (unpaired) electrons. The highest BCUT2D eigenvalue weighted by atomic mass is 19.1. The molecule has 0 spiro atoms. The number of fused-ring (bicyclic) bond motifs is 1. The van der Waals surface area contributed by atoms with Crippen molar-refractivity contribution in [3.05, 3.63) is 53.3 Å². The fraction of sp³-hybridized carbons (Fsp3) is 0.118. The molecule has 2 aromatic carbocycles. The number of amides is 1. The summed E-state index contributed by atoms with van der Waals surface area (Å²) < 4.78 is 23.9. The summed E-state index contributed by atoms with van der Waals surface area (Å²) in [5.41, 5.74) is 2.37. The Balaban J connectivity index is 2.13. The first-order chi connectivity index (χ1) is 10.6. The number of rotatable bonds is 3. The topological polar surface area (TPSA) is 47.6 Å². The zero-order chi connectivity index (χ0) is 15.7. The summed E-state index contributed by atoms with van der Waals surface area (Å²) in [4.78, 5) is 12.2. The van der Waals surface area contributed by atoms with Gasteiger partial charge in [-0.1, -0.05) is 0 Å². The monoisotopic (exact) mass is 299 g/mol. The molecule has 0 aromatic heterocycles. The van der Waals surface area contributed by atoms with E-state index in [0.29, 0.717) is 28.3 Å². The lowest BCUT2D eigenvalue weighted by atomic mass is 10.0. The number of methoxy groups -OCH3 is 2. The fourth-order valence-electron chi connectivity index (χ4n) is 2.41. The molecule has 1 aliphatic heterocycles. The van der Waals surface area contributed by atoms with Gasteiger partial charge in [0.15, 0.2) is 0 Å². The molecule has 0 fully saturated rings. The minimum absolute atomic E-state index is 0.241. The predicted molar refractivity (Wildman–Crippen MR) is 82.4 cm³/mol. The van der Waals surface area contributed by atoms with Crippen LogP contribution in [0.5, 0.6) is 11.5 Å². The number of nitrogens with one attached hydrogen (secondary N) is 1. The van der Waals surface area contributed by atoms with Crippen molar-refractivity contribution in [1.29, 1.82) is 0 Å². The van der Waals surface area contributed by atoms with Gasteiger partial charge in [0.2, 0.25) is 0 Å². The quantitative estimate of drug-likeness (QED) is 0.884. The van der Waals surface area contributed by atoms with Gasteiger partial charge in [-0.15, -0.1) is 0 Å². The van der Waals surface area contributed by atoms with Crippen LogP contribution >= 0.6 is 0 Å². The van der Waals surface area contributed by atoms with Crippen molar-refractivity contribution in [2.24, 2.45) is 0 Å². The van der Waals surface area contributed by atoms with Gasteiger partial charge in [-0.25, -0.2) is 4.39 Å². The van der Waals surface area contributed by atoms with Gasteiger partial charge >= 0.3 is 0 Å². The lowest BCUT2D eigenvalue weighted by Crippen LogP contribution is -2.03. The van der Waals surface area contributed by atoms with Gasteiger partial charge in [-0.3, -0.25) is 4.79 Å². The smallest absolute Gasteiger partial charge is 0.256 e. The van der Waals surface area contributed by atoms with Gasteiger partial charge in [0.1, 0.15) is 17.3 Å². The van der Waals surface area contributed by atoms with Crippen LogP contribution in [0.2, 0.25) is 0 Å². The summed E-state index contributed by atoms with van der Waals surface area (Å²) in [5.74, 6) is 0.511. The average molecular weight is 299 g/mol. The Labute approximate surface area is 127 Å². The van der Waals surface area contributed by atoms with Crippen molar-refractivity contribution in [3.8, 4) is 11.5 Å². The summed E-state index contributed by atoms with van der Waals surface area (Å²) in [6.45, 7) is 0. The molecule has 1 heterocycles. The molecule has 0 bridgehead atoms. The summed E-state index contributed by atoms with van der Waals surface area (Å²) in [7, 11) is 3.06. The van der Waals surface area contributed by atoms with Crippen molar-refractivity contribution in [3.63, 3.8) is 0 Å². The van der Waals surface area contributed by atoms with Crippen LogP contribution in [0.15, 0.2) is 36.4 Å². The minimum atomic E-state index is -0.392. The van der Waals surface area contributed by atoms with Crippen molar-refractivity contribution >= 4 is 23.2 Å². The standard InChI is InChI=1S/C17H14FNO3/c1-21-12-4-5-15-13(9-12)14(17(20)19-15)8-10-7-11(18)3-6-16(10)22-2/h3-9H,1-2H3,(H,19,20)/b14-8+. The van der Waals surface area contributed by atoms with Crippen LogP contribution in [0, 0.1) is 5.82 Å². The first-order valence-corrected chi connectivity index (χ1v) is 6.67. The molecule has 4 nitrogen and oxygen atoms in total. The molecule has 5 heteroatoms. The van der Waals surface area contributed by atoms with Crippen LogP contribution in [0.4, 0.5) is 10.1 Å². The van der Waals surface area contributed by atoms with Crippen LogP contribution in [-0.4, -0.2) is 20.1 Å². The van der Waals surface area contributed by atoms with Gasteiger partial charge in [-0.05, 0) is 42.5 Å². The number of benzene rings is 2. The van der Waals surface area contributed by atoms with E-state index < -0.39 is 5.82 Å². The molecule has 1 aliphatic rings. The third kappa shape index (κ3) is 2.41. The number of hydrogen-bond acceptors (Lipinski definition) is 3. The Morgan fingerprint density at radius 3 is 2.64 bits per heavy atom. The van der Waals surface area contributed by atoms with E-state index in [2.05, 4.69) is 5.32 Å². The van der Waals surface area contributed by atoms with Gasteiger partial charge in [0.05, 0.1) is 14.2 Å². The molecule has 22 heavy (non-hydrogen) atoms. The lowest BCUT2D eigenvalue weighted by molar-refractivity contribution is -0.110. The van der Waals surface area contributed by atoms with E-state index in [4.69, 9.17) is 9.47 Å². The highest BCUT2D eigenvalue weighted by Crippen LogP contribution is 2.36. The average Bonchev–Trinajstić information content (AvgIpc) is 2.83. The van der Waals surface area contributed by atoms with Crippen molar-refractivity contribution in [2.75, 3.05) is 19.5 Å². The molecule has 0 saturated heterocycles. The number of carbonyl (C=O) groups is 1. The van der Waals surface area contributed by atoms with Crippen LogP contribution in [0.25, 0.3) is 11.6 Å². The molecule has 0 saturated carbocycles. The SMILES string of the molecule is COc1ccc2c(c1)/C(=C\c1cc(F)ccc1OC)C(=O)N2. The van der Waals surface area contributed by atoms with E-state index in [1.807, 2.05) is 0 Å². The van der Waals surface area contributed by atoms with E-state index in [9.17, 15) is 9.18 Å². The van der Waals surface area contributed by atoms with E-state index in [-0.39, 0.29) is 5.91 Å². The van der Waals surface area contributed by atoms with Gasteiger partial charge < -0.3 is 14.8 Å². The summed E-state index contributed by atoms with van der Waals surface area (Å²) >= 11 is 0. The zero-order valence-electron chi connectivity index (χ0n) is 12.1. The maximum Gasteiger partial charge on any atom is 0.256 e. The Morgan fingerprint density at radius 2 is 1.91 bits per heavy atom. The highest BCUT2D eigenvalue weighted by Gasteiger charge is 2.25. The molecule has 0 aliphatic carbocycles. The largest absolute Gasteiger partial charge is 0.497 e. The Hall–Kier alpha value is -2.82. The van der Waals surface area contributed by atoms with Crippen LogP contribution in [0.1, 0.15) is 11.1 Å². The van der Waals surface area contributed by atoms with Gasteiger partial charge in [0.25, 0.3) is 5.91 Å². The molecule has 3 rings (SSSR count). The molecule has 112 valence electrons. The summed E-state index contributed by atoms with van der Waals surface area (Å²) in [6, 6.07) is 9.48. The first-order valence-electron chi connectivity index (χ1n) is 6.67. The van der Waals surface area contributed by atoms with Gasteiger partial charge in [0, 0.05) is 22.4 Å². The Kier molecular flexibility index (Phi) is 3.55. The van der Waals surface area contributed by atoms with Crippen molar-refractivity contribution in [2.45, 2.75) is 0 Å². The van der Waals surface area contributed by atoms with E-state index in [1.165, 1.54) is 25.3 Å². The number of anilines is 1. The maximum atomic E-state index is 13.5. The van der Waals surface area contributed by atoms with Crippen LogP contribution < -0.4 is 14.8 Å². The second-order valence-corrected chi connectivity index (χ2v) is 4.81. The summed E-state index contributed by atoms with van der Waals surface area (Å²) in [6.07, 6.45) is 1.61. The zero-order valence-corrected chi connectivity index (χ0v) is 12.1. The third-order valence-electron chi connectivity index (χ3n) is 3.50. The number of ether oxygens (including phenoxy) is 2. The van der Waals surface area contributed by atoms with E-state index >= 15 is 0 Å². The second-order valence-electron chi connectivity index (χ2n) is 4.81. The Morgan fingerprint density at radius 1 is 1.09 bits per heavy atom. The van der Waals surface area contributed by atoms with Crippen molar-refractivity contribution < 1.29 is 18.7 Å². The first kappa shape index (κ1) is 14.1. The number of carbonyl (C=O) groups excluding carboxylic acids is 1. The second kappa shape index (κ2) is 5.52. The molecule has 0 atom stereocenters. The molecule has 1 N–H and O–H groups in total.